The molecule has 0 saturated heterocycles. The molecule has 1 N–H and O–H groups in total. The van der Waals surface area contributed by atoms with Crippen molar-refractivity contribution in [3.63, 3.8) is 0 Å². The van der Waals surface area contributed by atoms with E-state index in [0.29, 0.717) is 0 Å². The van der Waals surface area contributed by atoms with Gasteiger partial charge in [-0.05, 0) is 19.1 Å². The summed E-state index contributed by atoms with van der Waals surface area (Å²) >= 11 is 0. The zero-order valence-corrected chi connectivity index (χ0v) is 8.15. The predicted octanol–water partition coefficient (Wildman–Crippen LogP) is 1.75. The highest BCUT2D eigenvalue weighted by atomic mass is 16.5. The fraction of sp³-hybridized carbons (Fsp3) is 0.0909. The van der Waals surface area contributed by atoms with Crippen molar-refractivity contribution in [3.8, 4) is 17.6 Å². The van der Waals surface area contributed by atoms with Crippen LogP contribution in [0.2, 0.25) is 0 Å². The van der Waals surface area contributed by atoms with Gasteiger partial charge in [-0.15, -0.1) is 0 Å². The molecule has 0 atom stereocenters. The van der Waals surface area contributed by atoms with E-state index < -0.39 is 5.97 Å². The maximum atomic E-state index is 11.2. The number of phenols is 1. The topological polar surface area (TPSA) is 70.3 Å². The van der Waals surface area contributed by atoms with Crippen LogP contribution < -0.4 is 4.74 Å². The smallest absolute Gasteiger partial charge is 0.338 e. The molecule has 4 heteroatoms. The lowest BCUT2D eigenvalue weighted by molar-refractivity contribution is -0.130. The molecule has 1 rings (SSSR count). The number of carbonyl (C=O) groups is 1. The van der Waals surface area contributed by atoms with Crippen LogP contribution in [0.3, 0.4) is 0 Å². The highest BCUT2D eigenvalue weighted by molar-refractivity contribution is 5.89. The van der Waals surface area contributed by atoms with Crippen LogP contribution in [0.4, 0.5) is 0 Å². The number of benzene rings is 1. The van der Waals surface area contributed by atoms with E-state index in [2.05, 4.69) is 6.58 Å². The Balaban J connectivity index is 3.04. The Hall–Kier alpha value is -2.28. The molecular weight excluding hydrogens is 194 g/mol. The van der Waals surface area contributed by atoms with Gasteiger partial charge in [0.2, 0.25) is 0 Å². The van der Waals surface area contributed by atoms with Gasteiger partial charge in [-0.25, -0.2) is 4.79 Å². The van der Waals surface area contributed by atoms with Crippen LogP contribution in [-0.4, -0.2) is 11.1 Å². The molecule has 0 heterocycles. The summed E-state index contributed by atoms with van der Waals surface area (Å²) < 4.78 is 4.86. The molecule has 15 heavy (non-hydrogen) atoms. The SMILES string of the molecule is C=C(C)C(=O)Oc1cc(O)ccc1C#N. The first kappa shape index (κ1) is 10.8. The lowest BCUT2D eigenvalue weighted by Gasteiger charge is -2.05. The van der Waals surface area contributed by atoms with Gasteiger partial charge in [0.1, 0.15) is 11.8 Å². The van der Waals surface area contributed by atoms with Gasteiger partial charge in [0.15, 0.2) is 5.75 Å². The Labute approximate surface area is 87.0 Å². The number of hydrogen-bond donors (Lipinski definition) is 1. The first-order valence-corrected chi connectivity index (χ1v) is 4.15. The normalized spacial score (nSPS) is 9.07. The molecule has 0 radical (unpaired) electrons. The molecule has 0 aromatic heterocycles. The van der Waals surface area contributed by atoms with Crippen molar-refractivity contribution in [2.24, 2.45) is 0 Å². The monoisotopic (exact) mass is 203 g/mol. The van der Waals surface area contributed by atoms with Crippen LogP contribution in [0.1, 0.15) is 12.5 Å². The second-order valence-corrected chi connectivity index (χ2v) is 2.96. The maximum Gasteiger partial charge on any atom is 0.338 e. The summed E-state index contributed by atoms with van der Waals surface area (Å²) in [6.45, 7) is 4.91. The van der Waals surface area contributed by atoms with E-state index in [1.807, 2.05) is 6.07 Å². The number of rotatable bonds is 2. The third-order valence-corrected chi connectivity index (χ3v) is 1.64. The van der Waals surface area contributed by atoms with Gasteiger partial charge < -0.3 is 9.84 Å². The van der Waals surface area contributed by atoms with Crippen molar-refractivity contribution in [1.82, 2.24) is 0 Å². The van der Waals surface area contributed by atoms with E-state index in [1.165, 1.54) is 25.1 Å². The molecule has 4 nitrogen and oxygen atoms in total. The number of aromatic hydroxyl groups is 1. The molecule has 0 amide bonds. The second-order valence-electron chi connectivity index (χ2n) is 2.96. The summed E-state index contributed by atoms with van der Waals surface area (Å²) in [4.78, 5) is 11.2. The number of ether oxygens (including phenoxy) is 1. The molecular formula is C11H9NO3. The largest absolute Gasteiger partial charge is 0.508 e. The van der Waals surface area contributed by atoms with E-state index in [4.69, 9.17) is 15.1 Å². The first-order chi connectivity index (χ1) is 7.04. The molecule has 0 spiro atoms. The molecule has 1 aromatic rings. The third kappa shape index (κ3) is 2.58. The van der Waals surface area contributed by atoms with Crippen molar-refractivity contribution >= 4 is 5.97 Å². The number of phenolic OH excluding ortho intramolecular Hbond substituents is 1. The van der Waals surface area contributed by atoms with Gasteiger partial charge in [0, 0.05) is 11.6 Å². The van der Waals surface area contributed by atoms with Crippen LogP contribution in [0.25, 0.3) is 0 Å². The molecule has 0 aliphatic carbocycles. The van der Waals surface area contributed by atoms with Crippen molar-refractivity contribution in [2.75, 3.05) is 0 Å². The van der Waals surface area contributed by atoms with Crippen molar-refractivity contribution in [3.05, 3.63) is 35.9 Å². The summed E-state index contributed by atoms with van der Waals surface area (Å²) in [7, 11) is 0. The zero-order valence-electron chi connectivity index (χ0n) is 8.15. The van der Waals surface area contributed by atoms with Crippen molar-refractivity contribution in [1.29, 1.82) is 5.26 Å². The minimum absolute atomic E-state index is 0.0329. The van der Waals surface area contributed by atoms with E-state index in [1.54, 1.807) is 0 Å². The van der Waals surface area contributed by atoms with Crippen LogP contribution in [0.5, 0.6) is 11.5 Å². The highest BCUT2D eigenvalue weighted by Gasteiger charge is 2.10. The fourth-order valence-electron chi connectivity index (χ4n) is 0.875. The Kier molecular flexibility index (Phi) is 3.09. The summed E-state index contributed by atoms with van der Waals surface area (Å²) in [5.41, 5.74) is 0.407. The quantitative estimate of drug-likeness (QED) is 0.451. The molecule has 0 fully saturated rings. The summed E-state index contributed by atoms with van der Waals surface area (Å²) in [6.07, 6.45) is 0. The van der Waals surface area contributed by atoms with Gasteiger partial charge in [-0.3, -0.25) is 0 Å². The van der Waals surface area contributed by atoms with Crippen molar-refractivity contribution in [2.45, 2.75) is 6.92 Å². The fourth-order valence-corrected chi connectivity index (χ4v) is 0.875. The molecule has 0 saturated carbocycles. The van der Waals surface area contributed by atoms with Gasteiger partial charge in [0.05, 0.1) is 5.56 Å². The van der Waals surface area contributed by atoms with Gasteiger partial charge in [0.25, 0.3) is 0 Å². The lowest BCUT2D eigenvalue weighted by atomic mass is 10.2. The number of carbonyl (C=O) groups excluding carboxylic acids is 1. The second kappa shape index (κ2) is 4.29. The standard InChI is InChI=1S/C11H9NO3/c1-7(2)11(14)15-10-5-9(13)4-3-8(10)6-12/h3-5,13H,1H2,2H3. The number of nitriles is 1. The Morgan fingerprint density at radius 1 is 1.60 bits per heavy atom. The Bertz CT molecular complexity index is 457. The first-order valence-electron chi connectivity index (χ1n) is 4.15. The minimum Gasteiger partial charge on any atom is -0.508 e. The Morgan fingerprint density at radius 3 is 2.80 bits per heavy atom. The molecule has 0 bridgehead atoms. The highest BCUT2D eigenvalue weighted by Crippen LogP contribution is 2.23. The predicted molar refractivity (Wildman–Crippen MR) is 53.3 cm³/mol. The molecule has 0 aliphatic rings. The number of hydrogen-bond acceptors (Lipinski definition) is 4. The van der Waals surface area contributed by atoms with Gasteiger partial charge in [-0.2, -0.15) is 5.26 Å². The van der Waals surface area contributed by atoms with Gasteiger partial charge in [-0.1, -0.05) is 6.58 Å². The van der Waals surface area contributed by atoms with Gasteiger partial charge >= 0.3 is 5.97 Å². The molecule has 1 aromatic carbocycles. The van der Waals surface area contributed by atoms with E-state index in [-0.39, 0.29) is 22.6 Å². The number of nitrogens with zero attached hydrogens (tertiary/aromatic N) is 1. The third-order valence-electron chi connectivity index (χ3n) is 1.64. The van der Waals surface area contributed by atoms with Crippen LogP contribution in [0.15, 0.2) is 30.4 Å². The average molecular weight is 203 g/mol. The van der Waals surface area contributed by atoms with Crippen LogP contribution >= 0.6 is 0 Å². The van der Waals surface area contributed by atoms with Crippen LogP contribution in [0, 0.1) is 11.3 Å². The lowest BCUT2D eigenvalue weighted by Crippen LogP contribution is -2.09. The van der Waals surface area contributed by atoms with Crippen molar-refractivity contribution < 1.29 is 14.6 Å². The van der Waals surface area contributed by atoms with E-state index >= 15 is 0 Å². The van der Waals surface area contributed by atoms with E-state index in [0.717, 1.165) is 0 Å². The molecule has 76 valence electrons. The minimum atomic E-state index is -0.628. The summed E-state index contributed by atoms with van der Waals surface area (Å²) in [5, 5.41) is 17.9. The average Bonchev–Trinajstić information content (AvgIpc) is 2.18. The zero-order chi connectivity index (χ0) is 11.4. The molecule has 0 aliphatic heterocycles. The molecule has 0 unspecified atom stereocenters. The Morgan fingerprint density at radius 2 is 2.27 bits per heavy atom. The van der Waals surface area contributed by atoms with Crippen LogP contribution in [-0.2, 0) is 4.79 Å². The summed E-state index contributed by atoms with van der Waals surface area (Å²) in [6, 6.07) is 5.77. The van der Waals surface area contributed by atoms with E-state index in [9.17, 15) is 4.79 Å². The summed E-state index contributed by atoms with van der Waals surface area (Å²) in [5.74, 6) is -0.666. The number of esters is 1. The maximum absolute atomic E-state index is 11.2.